The Hall–Kier alpha value is 0.460. The second-order valence-corrected chi connectivity index (χ2v) is 3.23. The van der Waals surface area contributed by atoms with E-state index in [4.69, 9.17) is 10.5 Å². The molecule has 0 saturated carbocycles. The molecule has 2 fully saturated rings. The molecule has 74 valence electrons. The maximum absolute atomic E-state index is 5.64. The van der Waals surface area contributed by atoms with Crippen molar-refractivity contribution < 1.29 is 4.74 Å². The molecule has 3 N–H and O–H groups in total. The molecule has 3 nitrogen and oxygen atoms in total. The molecule has 2 saturated heterocycles. The fourth-order valence-electron chi connectivity index (χ4n) is 2.02. The van der Waals surface area contributed by atoms with Gasteiger partial charge in [-0.3, -0.25) is 0 Å². The smallest absolute Gasteiger partial charge is 0.0968 e. The van der Waals surface area contributed by atoms with E-state index in [0.29, 0.717) is 12.5 Å². The van der Waals surface area contributed by atoms with Gasteiger partial charge in [0.2, 0.25) is 0 Å². The lowest BCUT2D eigenvalue weighted by molar-refractivity contribution is 0.0111. The molecule has 2 aliphatic heterocycles. The first kappa shape index (κ1) is 12.5. The average Bonchev–Trinajstić information content (AvgIpc) is 2.42. The molecule has 0 aromatic carbocycles. The molecule has 2 atom stereocenters. The SMILES string of the molecule is Cl.Cl.NC[C@]12CNC[C@@H]1CCO2. The second kappa shape index (κ2) is 4.63. The highest BCUT2D eigenvalue weighted by Crippen LogP contribution is 2.33. The summed E-state index contributed by atoms with van der Waals surface area (Å²) in [6.07, 6.45) is 1.18. The molecule has 0 unspecified atom stereocenters. The van der Waals surface area contributed by atoms with E-state index in [9.17, 15) is 0 Å². The van der Waals surface area contributed by atoms with E-state index in [1.54, 1.807) is 0 Å². The van der Waals surface area contributed by atoms with Crippen molar-refractivity contribution in [2.24, 2.45) is 11.7 Å². The van der Waals surface area contributed by atoms with E-state index < -0.39 is 0 Å². The zero-order chi connectivity index (χ0) is 7.03. The zero-order valence-electron chi connectivity index (χ0n) is 6.91. The Balaban J connectivity index is 0.000000605. The molecule has 0 amide bonds. The summed E-state index contributed by atoms with van der Waals surface area (Å²) < 4.78 is 5.63. The number of hydrogen-bond donors (Lipinski definition) is 2. The van der Waals surface area contributed by atoms with Gasteiger partial charge in [0.1, 0.15) is 0 Å². The highest BCUT2D eigenvalue weighted by atomic mass is 35.5. The molecule has 2 heterocycles. The molecule has 0 spiro atoms. The third-order valence-electron chi connectivity index (χ3n) is 2.76. The van der Waals surface area contributed by atoms with Gasteiger partial charge in [-0.15, -0.1) is 24.8 Å². The predicted octanol–water partition coefficient (Wildman–Crippen LogP) is 0.167. The summed E-state index contributed by atoms with van der Waals surface area (Å²) in [7, 11) is 0. The minimum Gasteiger partial charge on any atom is -0.372 e. The standard InChI is InChI=1S/C7H14N2O.2ClH/c8-4-7-5-9-3-6(7)1-2-10-7;;/h6,9H,1-5,8H2;2*1H/t6-,7-;;/m0../s1. The van der Waals surface area contributed by atoms with E-state index in [-0.39, 0.29) is 30.4 Å². The van der Waals surface area contributed by atoms with Crippen molar-refractivity contribution in [1.29, 1.82) is 0 Å². The zero-order valence-corrected chi connectivity index (χ0v) is 8.55. The summed E-state index contributed by atoms with van der Waals surface area (Å²) in [5.41, 5.74) is 5.66. The van der Waals surface area contributed by atoms with Gasteiger partial charge in [-0.25, -0.2) is 0 Å². The summed E-state index contributed by atoms with van der Waals surface area (Å²) in [6, 6.07) is 0. The Bertz CT molecular complexity index is 135. The first-order chi connectivity index (χ1) is 4.87. The van der Waals surface area contributed by atoms with Crippen LogP contribution >= 0.6 is 24.8 Å². The fraction of sp³-hybridized carbons (Fsp3) is 1.00. The van der Waals surface area contributed by atoms with Crippen LogP contribution in [0.5, 0.6) is 0 Å². The molecule has 12 heavy (non-hydrogen) atoms. The summed E-state index contributed by atoms with van der Waals surface area (Å²) >= 11 is 0. The lowest BCUT2D eigenvalue weighted by Gasteiger charge is -2.24. The number of nitrogens with two attached hydrogens (primary N) is 1. The second-order valence-electron chi connectivity index (χ2n) is 3.23. The van der Waals surface area contributed by atoms with E-state index in [2.05, 4.69) is 5.32 Å². The molecular weight excluding hydrogens is 199 g/mol. The lowest BCUT2D eigenvalue weighted by Crippen LogP contribution is -2.43. The van der Waals surface area contributed by atoms with E-state index in [0.717, 1.165) is 19.7 Å². The van der Waals surface area contributed by atoms with Crippen LogP contribution in [0.4, 0.5) is 0 Å². The third kappa shape index (κ3) is 1.70. The largest absolute Gasteiger partial charge is 0.372 e. The fourth-order valence-corrected chi connectivity index (χ4v) is 2.02. The van der Waals surface area contributed by atoms with Gasteiger partial charge in [-0.05, 0) is 6.42 Å². The van der Waals surface area contributed by atoms with Gasteiger partial charge < -0.3 is 15.8 Å². The van der Waals surface area contributed by atoms with Crippen LogP contribution in [0.3, 0.4) is 0 Å². The van der Waals surface area contributed by atoms with Gasteiger partial charge in [-0.1, -0.05) is 0 Å². The molecule has 0 aliphatic carbocycles. The Morgan fingerprint density at radius 2 is 2.25 bits per heavy atom. The topological polar surface area (TPSA) is 47.3 Å². The van der Waals surface area contributed by atoms with Crippen LogP contribution in [0.1, 0.15) is 6.42 Å². The van der Waals surface area contributed by atoms with Crippen LogP contribution in [-0.4, -0.2) is 31.8 Å². The highest BCUT2D eigenvalue weighted by Gasteiger charge is 2.46. The maximum atomic E-state index is 5.64. The molecule has 0 aromatic heterocycles. The first-order valence-electron chi connectivity index (χ1n) is 3.92. The summed E-state index contributed by atoms with van der Waals surface area (Å²) in [6.45, 7) is 3.62. The average molecular weight is 215 g/mol. The first-order valence-corrected chi connectivity index (χ1v) is 3.92. The predicted molar refractivity (Wildman–Crippen MR) is 53.2 cm³/mol. The molecule has 2 rings (SSSR count). The monoisotopic (exact) mass is 214 g/mol. The van der Waals surface area contributed by atoms with E-state index >= 15 is 0 Å². The minimum atomic E-state index is 0. The van der Waals surface area contributed by atoms with Crippen LogP contribution in [0.2, 0.25) is 0 Å². The molecule has 2 aliphatic rings. The summed E-state index contributed by atoms with van der Waals surface area (Å²) in [4.78, 5) is 0. The molecule has 0 radical (unpaired) electrons. The van der Waals surface area contributed by atoms with Crippen molar-refractivity contribution in [3.63, 3.8) is 0 Å². The quantitative estimate of drug-likeness (QED) is 0.655. The van der Waals surface area contributed by atoms with Crippen molar-refractivity contribution in [3.8, 4) is 0 Å². The van der Waals surface area contributed by atoms with Crippen LogP contribution in [0.25, 0.3) is 0 Å². The van der Waals surface area contributed by atoms with Gasteiger partial charge in [0, 0.05) is 32.2 Å². The lowest BCUT2D eigenvalue weighted by atomic mass is 9.91. The van der Waals surface area contributed by atoms with Crippen molar-refractivity contribution in [1.82, 2.24) is 5.32 Å². The third-order valence-corrected chi connectivity index (χ3v) is 2.76. The van der Waals surface area contributed by atoms with Gasteiger partial charge >= 0.3 is 0 Å². The van der Waals surface area contributed by atoms with Gasteiger partial charge in [-0.2, -0.15) is 0 Å². The Labute approximate surface area is 85.2 Å². The van der Waals surface area contributed by atoms with E-state index in [1.165, 1.54) is 6.42 Å². The number of rotatable bonds is 1. The number of nitrogens with one attached hydrogen (secondary N) is 1. The number of ether oxygens (including phenoxy) is 1. The van der Waals surface area contributed by atoms with Crippen molar-refractivity contribution in [3.05, 3.63) is 0 Å². The molecule has 0 bridgehead atoms. The van der Waals surface area contributed by atoms with E-state index in [1.807, 2.05) is 0 Å². The maximum Gasteiger partial charge on any atom is 0.0968 e. The van der Waals surface area contributed by atoms with Crippen LogP contribution in [-0.2, 0) is 4.74 Å². The summed E-state index contributed by atoms with van der Waals surface area (Å²) in [5, 5.41) is 3.31. The number of halogens is 2. The Morgan fingerprint density at radius 1 is 1.50 bits per heavy atom. The number of hydrogen-bond acceptors (Lipinski definition) is 3. The van der Waals surface area contributed by atoms with Gasteiger partial charge in [0.15, 0.2) is 0 Å². The van der Waals surface area contributed by atoms with Crippen molar-refractivity contribution >= 4 is 24.8 Å². The number of fused-ring (bicyclic) bond motifs is 1. The Kier molecular flexibility index (Phi) is 4.81. The van der Waals surface area contributed by atoms with Gasteiger partial charge in [0.25, 0.3) is 0 Å². The van der Waals surface area contributed by atoms with Crippen molar-refractivity contribution in [2.75, 3.05) is 26.2 Å². The van der Waals surface area contributed by atoms with Crippen LogP contribution in [0, 0.1) is 5.92 Å². The van der Waals surface area contributed by atoms with Crippen LogP contribution < -0.4 is 11.1 Å². The normalized spacial score (nSPS) is 38.2. The summed E-state index contributed by atoms with van der Waals surface area (Å²) in [5.74, 6) is 0.678. The van der Waals surface area contributed by atoms with Crippen molar-refractivity contribution in [2.45, 2.75) is 12.0 Å². The molecule has 0 aromatic rings. The van der Waals surface area contributed by atoms with Crippen LogP contribution in [0.15, 0.2) is 0 Å². The Morgan fingerprint density at radius 3 is 2.83 bits per heavy atom. The highest BCUT2D eigenvalue weighted by molar-refractivity contribution is 5.85. The minimum absolute atomic E-state index is 0. The molecular formula is C7H16Cl2N2O. The molecule has 5 heteroatoms. The van der Waals surface area contributed by atoms with Gasteiger partial charge in [0.05, 0.1) is 5.60 Å².